The van der Waals surface area contributed by atoms with Crippen molar-refractivity contribution in [3.05, 3.63) is 127 Å². The second-order valence-electron chi connectivity index (χ2n) is 7.74. The lowest BCUT2D eigenvalue weighted by Crippen LogP contribution is -2.41. The van der Waals surface area contributed by atoms with Crippen LogP contribution in [0.5, 0.6) is 0 Å². The van der Waals surface area contributed by atoms with E-state index in [1.807, 2.05) is 36.4 Å². The van der Waals surface area contributed by atoms with E-state index < -0.39 is 14.5 Å². The van der Waals surface area contributed by atoms with E-state index in [4.69, 9.17) is 0 Å². The summed E-state index contributed by atoms with van der Waals surface area (Å²) in [5.74, 6) is -0.209. The van der Waals surface area contributed by atoms with Crippen LogP contribution in [-0.4, -0.2) is 13.2 Å². The molecule has 4 aromatic rings. The first kappa shape index (κ1) is 26.2. The highest BCUT2D eigenvalue weighted by Crippen LogP contribution is 2.65. The molecule has 0 saturated heterocycles. The predicted molar refractivity (Wildman–Crippen MR) is 138 cm³/mol. The van der Waals surface area contributed by atoms with Crippen LogP contribution in [0.25, 0.3) is 0 Å². The summed E-state index contributed by atoms with van der Waals surface area (Å²) in [6.45, 7) is 1.60. The first-order chi connectivity index (χ1) is 16.7. The van der Waals surface area contributed by atoms with Crippen LogP contribution in [0.4, 0.5) is 17.3 Å². The number of hydrogen-bond acceptors (Lipinski definition) is 1. The minimum atomic E-state index is -6.00. The molecule has 0 aliphatic heterocycles. The lowest BCUT2D eigenvalue weighted by Gasteiger charge is -2.35. The number of rotatable bonds is 6. The summed E-state index contributed by atoms with van der Waals surface area (Å²) in [7, 11) is -8.27. The fourth-order valence-electron chi connectivity index (χ4n) is 4.12. The van der Waals surface area contributed by atoms with Crippen LogP contribution in [-0.2, 0) is 4.79 Å². The average molecular weight is 497 g/mol. The topological polar surface area (TPSA) is 29.1 Å². The van der Waals surface area contributed by atoms with Crippen molar-refractivity contribution in [1.29, 1.82) is 0 Å². The molecular formula is C27H25BF4NOP. The van der Waals surface area contributed by atoms with Crippen molar-refractivity contribution in [2.75, 3.05) is 0 Å². The molecule has 0 spiro atoms. The Morgan fingerprint density at radius 3 is 1.20 bits per heavy atom. The largest absolute Gasteiger partial charge is 0.673 e. The van der Waals surface area contributed by atoms with Crippen LogP contribution in [0.15, 0.2) is 121 Å². The zero-order chi connectivity index (χ0) is 25.3. The van der Waals surface area contributed by atoms with Crippen molar-refractivity contribution < 1.29 is 22.1 Å². The molecule has 0 radical (unpaired) electrons. The quantitative estimate of drug-likeness (QED) is 0.194. The van der Waals surface area contributed by atoms with Crippen molar-refractivity contribution >= 4 is 36.3 Å². The van der Waals surface area contributed by atoms with E-state index in [0.29, 0.717) is 0 Å². The van der Waals surface area contributed by atoms with E-state index in [2.05, 4.69) is 90.2 Å². The molecule has 1 N–H and O–H groups in total. The van der Waals surface area contributed by atoms with Gasteiger partial charge in [-0.25, -0.2) is 0 Å². The Morgan fingerprint density at radius 2 is 0.914 bits per heavy atom. The molecule has 4 aromatic carbocycles. The van der Waals surface area contributed by atoms with E-state index in [1.165, 1.54) is 15.9 Å². The molecule has 1 amide bonds. The number of benzene rings is 4. The Balaban J connectivity index is 0.000000623. The molecule has 0 unspecified atom stereocenters. The molecule has 0 fully saturated rings. The normalized spacial score (nSPS) is 12.1. The van der Waals surface area contributed by atoms with Gasteiger partial charge in [-0.2, -0.15) is 0 Å². The Hall–Kier alpha value is -3.44. The number of carbonyl (C=O) groups excluding carboxylic acids is 1. The highest BCUT2D eigenvalue weighted by Gasteiger charge is 2.53. The molecule has 0 bridgehead atoms. The minimum Gasteiger partial charge on any atom is -0.418 e. The summed E-state index contributed by atoms with van der Waals surface area (Å²) in [4.78, 5) is 12.5. The third-order valence-corrected chi connectivity index (χ3v) is 9.87. The Morgan fingerprint density at radius 1 is 0.629 bits per heavy atom. The smallest absolute Gasteiger partial charge is 0.418 e. The van der Waals surface area contributed by atoms with Gasteiger partial charge in [-0.1, -0.05) is 84.9 Å². The molecule has 1 atom stereocenters. The molecule has 180 valence electrons. The summed E-state index contributed by atoms with van der Waals surface area (Å²) < 4.78 is 39.0. The number of carbonyl (C=O) groups is 1. The standard InChI is InChI=1S/C27H24NOP.BF4/c1-22(29)28-27(23-14-6-2-7-15-23)30(24-16-8-3-9-17-24,25-18-10-4-11-19-25)26-20-12-5-13-21-26;2-1(3,4)5/h2-21,27H,1H3;/q;-1/p+1/t27-;/m0./s1. The number of nitrogens with one attached hydrogen (secondary N) is 1. The van der Waals surface area contributed by atoms with Gasteiger partial charge in [-0.15, -0.1) is 0 Å². The maximum Gasteiger partial charge on any atom is 0.673 e. The lowest BCUT2D eigenvalue weighted by atomic mass is 10.2. The van der Waals surface area contributed by atoms with Crippen molar-refractivity contribution in [2.24, 2.45) is 0 Å². The molecule has 0 aliphatic carbocycles. The maximum absolute atomic E-state index is 12.5. The van der Waals surface area contributed by atoms with Crippen molar-refractivity contribution in [3.8, 4) is 0 Å². The van der Waals surface area contributed by atoms with Crippen LogP contribution in [0.1, 0.15) is 18.3 Å². The Kier molecular flexibility index (Phi) is 8.83. The Labute approximate surface area is 203 Å². The van der Waals surface area contributed by atoms with Crippen LogP contribution >= 0.6 is 7.26 Å². The Bertz CT molecular complexity index is 1090. The van der Waals surface area contributed by atoms with E-state index in [-0.39, 0.29) is 11.7 Å². The van der Waals surface area contributed by atoms with Gasteiger partial charge in [0.05, 0.1) is 0 Å². The van der Waals surface area contributed by atoms with Gasteiger partial charge in [0.15, 0.2) is 5.78 Å². The SMILES string of the molecule is CC(=O)N[C@H](c1ccccc1)[P+](c1ccccc1)(c1ccccc1)c1ccccc1.F[B-](F)(F)F. The fourth-order valence-corrected chi connectivity index (χ4v) is 8.83. The van der Waals surface area contributed by atoms with Crippen LogP contribution in [0, 0.1) is 0 Å². The van der Waals surface area contributed by atoms with E-state index in [9.17, 15) is 22.1 Å². The number of amides is 1. The summed E-state index contributed by atoms with van der Waals surface area (Å²) in [6, 6.07) is 42.2. The first-order valence-corrected chi connectivity index (χ1v) is 12.8. The van der Waals surface area contributed by atoms with Gasteiger partial charge in [0.1, 0.15) is 23.2 Å². The molecule has 0 aliphatic rings. The summed E-state index contributed by atoms with van der Waals surface area (Å²) in [6.07, 6.45) is 0. The van der Waals surface area contributed by atoms with Crippen molar-refractivity contribution in [2.45, 2.75) is 12.7 Å². The van der Waals surface area contributed by atoms with Gasteiger partial charge in [0.25, 0.3) is 0 Å². The molecule has 0 heterocycles. The molecule has 0 saturated carbocycles. The molecular weight excluding hydrogens is 472 g/mol. The third-order valence-electron chi connectivity index (χ3n) is 5.33. The van der Waals surface area contributed by atoms with Crippen LogP contribution in [0.3, 0.4) is 0 Å². The number of halogens is 4. The van der Waals surface area contributed by atoms with Crippen molar-refractivity contribution in [3.63, 3.8) is 0 Å². The maximum atomic E-state index is 12.5. The average Bonchev–Trinajstić information content (AvgIpc) is 2.85. The molecule has 2 nitrogen and oxygen atoms in total. The van der Waals surface area contributed by atoms with Gasteiger partial charge >= 0.3 is 7.25 Å². The van der Waals surface area contributed by atoms with Gasteiger partial charge in [-0.05, 0) is 36.4 Å². The highest BCUT2D eigenvalue weighted by atomic mass is 31.2. The second kappa shape index (κ2) is 11.8. The first-order valence-electron chi connectivity index (χ1n) is 11.0. The molecule has 35 heavy (non-hydrogen) atoms. The van der Waals surface area contributed by atoms with E-state index in [1.54, 1.807) is 6.92 Å². The van der Waals surface area contributed by atoms with Gasteiger partial charge in [0.2, 0.25) is 5.91 Å². The highest BCUT2D eigenvalue weighted by molar-refractivity contribution is 7.96. The third kappa shape index (κ3) is 6.80. The summed E-state index contributed by atoms with van der Waals surface area (Å²) in [5, 5.41) is 7.07. The molecule has 8 heteroatoms. The number of hydrogen-bond donors (Lipinski definition) is 1. The molecule has 4 rings (SSSR count). The zero-order valence-electron chi connectivity index (χ0n) is 19.1. The van der Waals surface area contributed by atoms with Crippen LogP contribution < -0.4 is 21.2 Å². The second-order valence-corrected chi connectivity index (χ2v) is 11.2. The van der Waals surface area contributed by atoms with E-state index >= 15 is 0 Å². The van der Waals surface area contributed by atoms with Gasteiger partial charge in [0, 0.05) is 12.5 Å². The molecule has 0 aromatic heterocycles. The minimum absolute atomic E-state index is 0.0315. The monoisotopic (exact) mass is 497 g/mol. The van der Waals surface area contributed by atoms with Gasteiger partial charge < -0.3 is 22.6 Å². The summed E-state index contributed by atoms with van der Waals surface area (Å²) in [5.41, 5.74) is 1.11. The zero-order valence-corrected chi connectivity index (χ0v) is 20.0. The van der Waals surface area contributed by atoms with Crippen molar-refractivity contribution in [1.82, 2.24) is 5.32 Å². The lowest BCUT2D eigenvalue weighted by molar-refractivity contribution is -0.119. The summed E-state index contributed by atoms with van der Waals surface area (Å²) >= 11 is 0. The van der Waals surface area contributed by atoms with Gasteiger partial charge in [-0.3, -0.25) is 4.79 Å². The van der Waals surface area contributed by atoms with E-state index in [0.717, 1.165) is 5.56 Å². The van der Waals surface area contributed by atoms with Crippen LogP contribution in [0.2, 0.25) is 0 Å². The predicted octanol–water partition coefficient (Wildman–Crippen LogP) is 6.12. The fraction of sp³-hybridized carbons (Fsp3) is 0.0741.